The van der Waals surface area contributed by atoms with Crippen LogP contribution in [0.2, 0.25) is 0 Å². The van der Waals surface area contributed by atoms with Gasteiger partial charge in [0.25, 0.3) is 0 Å². The maximum Gasteiger partial charge on any atom is 0.351 e. The van der Waals surface area contributed by atoms with Crippen molar-refractivity contribution in [3.8, 4) is 5.75 Å². The number of benzene rings is 1. The molecule has 1 aromatic carbocycles. The number of hydrogen-bond acceptors (Lipinski definition) is 4. The molecule has 0 aliphatic heterocycles. The zero-order valence-electron chi connectivity index (χ0n) is 9.52. The molecule has 1 unspecified atom stereocenters. The Bertz CT molecular complexity index is 385. The van der Waals surface area contributed by atoms with Crippen molar-refractivity contribution in [2.24, 2.45) is 0 Å². The van der Waals surface area contributed by atoms with Gasteiger partial charge in [-0.05, 0) is 26.0 Å². The molecule has 0 radical (unpaired) electrons. The Morgan fingerprint density at radius 3 is 2.19 bits per heavy atom. The number of ketones is 1. The maximum atomic E-state index is 11.7. The van der Waals surface area contributed by atoms with E-state index >= 15 is 0 Å². The molecule has 1 atom stereocenters. The molecule has 0 aliphatic carbocycles. The Morgan fingerprint density at radius 2 is 1.75 bits per heavy atom. The zero-order chi connectivity index (χ0) is 12.2. The van der Waals surface area contributed by atoms with Crippen LogP contribution in [-0.4, -0.2) is 24.5 Å². The first-order valence-corrected chi connectivity index (χ1v) is 4.84. The second-order valence-corrected chi connectivity index (χ2v) is 3.50. The lowest BCUT2D eigenvalue weighted by atomic mass is 10.0. The standard InChI is InChI=1S/C12H14O4/c1-9(13)12(2,15-3)11(14)16-10-7-5-4-6-8-10/h4-8H,1-3H3. The van der Waals surface area contributed by atoms with Gasteiger partial charge in [0.2, 0.25) is 5.60 Å². The van der Waals surface area contributed by atoms with E-state index in [4.69, 9.17) is 9.47 Å². The highest BCUT2D eigenvalue weighted by Gasteiger charge is 2.40. The van der Waals surface area contributed by atoms with E-state index in [1.54, 1.807) is 30.3 Å². The number of para-hydroxylation sites is 1. The molecule has 0 heterocycles. The maximum absolute atomic E-state index is 11.7. The van der Waals surface area contributed by atoms with Crippen LogP contribution in [0.4, 0.5) is 0 Å². The van der Waals surface area contributed by atoms with Gasteiger partial charge in [-0.1, -0.05) is 18.2 Å². The van der Waals surface area contributed by atoms with Crippen LogP contribution in [-0.2, 0) is 14.3 Å². The molecule has 0 amide bonds. The molecule has 0 spiro atoms. The van der Waals surface area contributed by atoms with Crippen molar-refractivity contribution in [1.82, 2.24) is 0 Å². The predicted octanol–water partition coefficient (Wildman–Crippen LogP) is 1.59. The minimum atomic E-state index is -1.55. The average molecular weight is 222 g/mol. The summed E-state index contributed by atoms with van der Waals surface area (Å²) >= 11 is 0. The van der Waals surface area contributed by atoms with Gasteiger partial charge in [0.15, 0.2) is 5.78 Å². The Labute approximate surface area is 94.2 Å². The van der Waals surface area contributed by atoms with Crippen molar-refractivity contribution in [2.45, 2.75) is 19.4 Å². The number of Topliss-reactive ketones (excluding diaryl/α,β-unsaturated/α-hetero) is 1. The lowest BCUT2D eigenvalue weighted by molar-refractivity contribution is -0.163. The molecule has 0 bridgehead atoms. The van der Waals surface area contributed by atoms with Crippen molar-refractivity contribution >= 4 is 11.8 Å². The smallest absolute Gasteiger partial charge is 0.351 e. The van der Waals surface area contributed by atoms with Gasteiger partial charge in [-0.25, -0.2) is 4.79 Å². The minimum absolute atomic E-state index is 0.386. The van der Waals surface area contributed by atoms with Crippen LogP contribution < -0.4 is 4.74 Å². The van der Waals surface area contributed by atoms with Gasteiger partial charge in [-0.15, -0.1) is 0 Å². The summed E-state index contributed by atoms with van der Waals surface area (Å²) in [6.07, 6.45) is 0. The van der Waals surface area contributed by atoms with Gasteiger partial charge in [-0.3, -0.25) is 4.79 Å². The molecule has 1 rings (SSSR count). The number of hydrogen-bond donors (Lipinski definition) is 0. The van der Waals surface area contributed by atoms with Crippen LogP contribution in [0.15, 0.2) is 30.3 Å². The summed E-state index contributed by atoms with van der Waals surface area (Å²) in [5.41, 5.74) is -1.55. The first kappa shape index (κ1) is 12.4. The van der Waals surface area contributed by atoms with E-state index < -0.39 is 17.4 Å². The third kappa shape index (κ3) is 2.46. The molecule has 0 N–H and O–H groups in total. The van der Waals surface area contributed by atoms with Gasteiger partial charge < -0.3 is 9.47 Å². The molecule has 0 fully saturated rings. The first-order chi connectivity index (χ1) is 7.50. The second kappa shape index (κ2) is 4.90. The third-order valence-corrected chi connectivity index (χ3v) is 2.42. The fourth-order valence-corrected chi connectivity index (χ4v) is 1.06. The summed E-state index contributed by atoms with van der Waals surface area (Å²) in [6.45, 7) is 2.68. The highest BCUT2D eigenvalue weighted by Crippen LogP contribution is 2.17. The average Bonchev–Trinajstić information content (AvgIpc) is 2.28. The van der Waals surface area contributed by atoms with E-state index in [9.17, 15) is 9.59 Å². The summed E-state index contributed by atoms with van der Waals surface area (Å²) < 4.78 is 9.96. The van der Waals surface area contributed by atoms with Crippen LogP contribution in [0.25, 0.3) is 0 Å². The molecule has 0 saturated heterocycles. The lowest BCUT2D eigenvalue weighted by Gasteiger charge is -2.22. The monoisotopic (exact) mass is 222 g/mol. The molecular formula is C12H14O4. The van der Waals surface area contributed by atoms with E-state index in [1.165, 1.54) is 21.0 Å². The van der Waals surface area contributed by atoms with E-state index in [-0.39, 0.29) is 0 Å². The Morgan fingerprint density at radius 1 is 1.19 bits per heavy atom. The van der Waals surface area contributed by atoms with Gasteiger partial charge in [0.1, 0.15) is 5.75 Å². The lowest BCUT2D eigenvalue weighted by Crippen LogP contribution is -2.46. The number of esters is 1. The normalized spacial score (nSPS) is 13.9. The van der Waals surface area contributed by atoms with Crippen LogP contribution in [0, 0.1) is 0 Å². The van der Waals surface area contributed by atoms with Gasteiger partial charge in [0.05, 0.1) is 0 Å². The molecule has 4 heteroatoms. The van der Waals surface area contributed by atoms with Gasteiger partial charge in [0, 0.05) is 7.11 Å². The van der Waals surface area contributed by atoms with Crippen molar-refractivity contribution < 1.29 is 19.1 Å². The molecular weight excluding hydrogens is 208 g/mol. The highest BCUT2D eigenvalue weighted by molar-refractivity contribution is 6.06. The highest BCUT2D eigenvalue weighted by atomic mass is 16.6. The second-order valence-electron chi connectivity index (χ2n) is 3.50. The summed E-state index contributed by atoms with van der Waals surface area (Å²) in [5, 5.41) is 0. The van der Waals surface area contributed by atoms with E-state index in [0.717, 1.165) is 0 Å². The van der Waals surface area contributed by atoms with Crippen molar-refractivity contribution in [2.75, 3.05) is 7.11 Å². The predicted molar refractivity (Wildman–Crippen MR) is 58.2 cm³/mol. The molecule has 0 aliphatic rings. The SMILES string of the molecule is COC(C)(C(C)=O)C(=O)Oc1ccccc1. The third-order valence-electron chi connectivity index (χ3n) is 2.42. The van der Waals surface area contributed by atoms with Crippen LogP contribution in [0.5, 0.6) is 5.75 Å². The quantitative estimate of drug-likeness (QED) is 0.441. The molecule has 0 aromatic heterocycles. The summed E-state index contributed by atoms with van der Waals surface area (Å²) in [7, 11) is 1.30. The number of methoxy groups -OCH3 is 1. The van der Waals surface area contributed by atoms with Gasteiger partial charge >= 0.3 is 5.97 Å². The molecule has 1 aromatic rings. The number of carbonyl (C=O) groups excluding carboxylic acids is 2. The van der Waals surface area contributed by atoms with Crippen LogP contribution in [0.1, 0.15) is 13.8 Å². The minimum Gasteiger partial charge on any atom is -0.424 e. The van der Waals surface area contributed by atoms with E-state index in [0.29, 0.717) is 5.75 Å². The number of ether oxygens (including phenoxy) is 2. The Balaban J connectivity index is 2.83. The Kier molecular flexibility index (Phi) is 3.79. The topological polar surface area (TPSA) is 52.6 Å². The van der Waals surface area contributed by atoms with Crippen molar-refractivity contribution in [1.29, 1.82) is 0 Å². The molecule has 86 valence electrons. The summed E-state index contributed by atoms with van der Waals surface area (Å²) in [5.74, 6) is -0.721. The number of rotatable bonds is 4. The van der Waals surface area contributed by atoms with Gasteiger partial charge in [-0.2, -0.15) is 0 Å². The zero-order valence-corrected chi connectivity index (χ0v) is 9.52. The molecule has 16 heavy (non-hydrogen) atoms. The summed E-state index contributed by atoms with van der Waals surface area (Å²) in [4.78, 5) is 23.0. The molecule has 4 nitrogen and oxygen atoms in total. The van der Waals surface area contributed by atoms with Crippen molar-refractivity contribution in [3.63, 3.8) is 0 Å². The van der Waals surface area contributed by atoms with E-state index in [1.807, 2.05) is 0 Å². The summed E-state index contributed by atoms with van der Waals surface area (Å²) in [6, 6.07) is 8.54. The van der Waals surface area contributed by atoms with Crippen LogP contribution >= 0.6 is 0 Å². The largest absolute Gasteiger partial charge is 0.424 e. The van der Waals surface area contributed by atoms with E-state index in [2.05, 4.69) is 0 Å². The fraction of sp³-hybridized carbons (Fsp3) is 0.333. The molecule has 0 saturated carbocycles. The number of carbonyl (C=O) groups is 2. The van der Waals surface area contributed by atoms with Crippen LogP contribution in [0.3, 0.4) is 0 Å². The fourth-order valence-electron chi connectivity index (χ4n) is 1.06. The Hall–Kier alpha value is -1.68. The first-order valence-electron chi connectivity index (χ1n) is 4.84. The van der Waals surface area contributed by atoms with Crippen molar-refractivity contribution in [3.05, 3.63) is 30.3 Å².